The molecule has 0 unspecified atom stereocenters. The van der Waals surface area contributed by atoms with E-state index >= 15 is 0 Å². The number of benzene rings is 1. The average Bonchev–Trinajstić information content (AvgIpc) is 2.60. The second-order valence-corrected chi connectivity index (χ2v) is 5.79. The minimum atomic E-state index is -0.000357. The third kappa shape index (κ3) is 4.74. The molecule has 1 amide bonds. The van der Waals surface area contributed by atoms with Crippen LogP contribution < -0.4 is 10.1 Å². The lowest BCUT2D eigenvalue weighted by Gasteiger charge is -2.31. The third-order valence-corrected chi connectivity index (χ3v) is 3.85. The molecule has 7 heteroatoms. The van der Waals surface area contributed by atoms with Gasteiger partial charge in [0.25, 0.3) is 0 Å². The van der Waals surface area contributed by atoms with Crippen molar-refractivity contribution in [3.05, 3.63) is 42.7 Å². The van der Waals surface area contributed by atoms with Gasteiger partial charge in [-0.15, -0.1) is 0 Å². The van der Waals surface area contributed by atoms with Crippen molar-refractivity contribution < 1.29 is 9.53 Å². The number of rotatable bonds is 5. The molecule has 1 aliphatic heterocycles. The lowest BCUT2D eigenvalue weighted by atomic mass is 10.3. The van der Waals surface area contributed by atoms with E-state index in [-0.39, 0.29) is 5.91 Å². The number of ether oxygens (including phenoxy) is 1. The van der Waals surface area contributed by atoms with Crippen molar-refractivity contribution in [2.75, 3.05) is 45.1 Å². The van der Waals surface area contributed by atoms with Crippen LogP contribution in [0, 0.1) is 0 Å². The summed E-state index contributed by atoms with van der Waals surface area (Å²) in [6, 6.07) is 9.19. The van der Waals surface area contributed by atoms with Gasteiger partial charge in [0, 0.05) is 44.3 Å². The summed E-state index contributed by atoms with van der Waals surface area (Å²) in [5.41, 5.74) is 0.746. The normalized spacial score (nSPS) is 15.9. The molecular formula is C17H21N5O2. The van der Waals surface area contributed by atoms with Crippen LogP contribution in [0.1, 0.15) is 0 Å². The van der Waals surface area contributed by atoms with Gasteiger partial charge in [0.2, 0.25) is 5.91 Å². The Morgan fingerprint density at radius 2 is 1.79 bits per heavy atom. The van der Waals surface area contributed by atoms with Crippen LogP contribution in [-0.4, -0.2) is 65.4 Å². The lowest BCUT2D eigenvalue weighted by molar-refractivity contribution is -0.117. The van der Waals surface area contributed by atoms with Gasteiger partial charge in [-0.1, -0.05) is 0 Å². The highest BCUT2D eigenvalue weighted by molar-refractivity contribution is 5.92. The Bertz CT molecular complexity index is 654. The van der Waals surface area contributed by atoms with Crippen LogP contribution in [0.4, 0.5) is 5.69 Å². The number of carbonyl (C=O) groups is 1. The smallest absolute Gasteiger partial charge is 0.321 e. The molecule has 1 aromatic carbocycles. The van der Waals surface area contributed by atoms with Crippen molar-refractivity contribution >= 4 is 11.6 Å². The average molecular weight is 327 g/mol. The van der Waals surface area contributed by atoms with Crippen molar-refractivity contribution in [1.29, 1.82) is 0 Å². The van der Waals surface area contributed by atoms with Gasteiger partial charge in [0.15, 0.2) is 0 Å². The topological polar surface area (TPSA) is 70.6 Å². The quantitative estimate of drug-likeness (QED) is 0.896. The van der Waals surface area contributed by atoms with E-state index in [1.165, 1.54) is 0 Å². The van der Waals surface area contributed by atoms with E-state index in [2.05, 4.69) is 32.1 Å². The first-order chi connectivity index (χ1) is 11.7. The number of nitrogens with one attached hydrogen (secondary N) is 1. The first-order valence-electron chi connectivity index (χ1n) is 7.95. The van der Waals surface area contributed by atoms with Crippen molar-refractivity contribution in [3.8, 4) is 11.8 Å². The van der Waals surface area contributed by atoms with Gasteiger partial charge in [0.05, 0.1) is 6.54 Å². The lowest BCUT2D eigenvalue weighted by Crippen LogP contribution is -2.47. The highest BCUT2D eigenvalue weighted by atomic mass is 16.5. The Hall–Kier alpha value is -2.51. The minimum Gasteiger partial charge on any atom is -0.424 e. The van der Waals surface area contributed by atoms with E-state index in [4.69, 9.17) is 4.74 Å². The molecule has 2 heterocycles. The fourth-order valence-corrected chi connectivity index (χ4v) is 2.46. The van der Waals surface area contributed by atoms with Crippen LogP contribution in [0.3, 0.4) is 0 Å². The number of aromatic nitrogens is 2. The first kappa shape index (κ1) is 16.4. The van der Waals surface area contributed by atoms with E-state index in [0.717, 1.165) is 31.9 Å². The molecule has 1 aromatic heterocycles. The predicted octanol–water partition coefficient (Wildman–Crippen LogP) is 1.45. The Labute approximate surface area is 141 Å². The second-order valence-electron chi connectivity index (χ2n) is 5.79. The van der Waals surface area contributed by atoms with Crippen molar-refractivity contribution in [1.82, 2.24) is 19.8 Å². The molecule has 1 fully saturated rings. The van der Waals surface area contributed by atoms with Gasteiger partial charge in [0.1, 0.15) is 5.75 Å². The van der Waals surface area contributed by atoms with Crippen LogP contribution >= 0.6 is 0 Å². The molecule has 7 nitrogen and oxygen atoms in total. The summed E-state index contributed by atoms with van der Waals surface area (Å²) < 4.78 is 5.52. The summed E-state index contributed by atoms with van der Waals surface area (Å²) in [6.45, 7) is 4.27. The van der Waals surface area contributed by atoms with Crippen LogP contribution in [0.5, 0.6) is 11.8 Å². The van der Waals surface area contributed by atoms with Gasteiger partial charge < -0.3 is 15.0 Å². The molecule has 24 heavy (non-hydrogen) atoms. The zero-order chi connectivity index (χ0) is 16.8. The van der Waals surface area contributed by atoms with E-state index in [1.807, 2.05) is 0 Å². The molecule has 0 atom stereocenters. The highest BCUT2D eigenvalue weighted by Crippen LogP contribution is 2.19. The molecule has 0 bridgehead atoms. The second kappa shape index (κ2) is 7.85. The molecule has 0 spiro atoms. The maximum atomic E-state index is 12.1. The van der Waals surface area contributed by atoms with Gasteiger partial charge in [-0.05, 0) is 37.4 Å². The van der Waals surface area contributed by atoms with Crippen molar-refractivity contribution in [2.45, 2.75) is 0 Å². The van der Waals surface area contributed by atoms with E-state index in [9.17, 15) is 4.79 Å². The number of hydrogen-bond acceptors (Lipinski definition) is 6. The Balaban J connectivity index is 1.49. The van der Waals surface area contributed by atoms with E-state index in [0.29, 0.717) is 18.3 Å². The zero-order valence-corrected chi connectivity index (χ0v) is 13.7. The van der Waals surface area contributed by atoms with E-state index in [1.54, 1.807) is 42.7 Å². The SMILES string of the molecule is CN1CCN(CC(=O)Nc2ccc(Oc3ncccn3)cc2)CC1. The van der Waals surface area contributed by atoms with Gasteiger partial charge >= 0.3 is 6.01 Å². The molecule has 1 saturated heterocycles. The summed E-state index contributed by atoms with van der Waals surface area (Å²) in [5, 5.41) is 2.91. The van der Waals surface area contributed by atoms with E-state index < -0.39 is 0 Å². The summed E-state index contributed by atoms with van der Waals surface area (Å²) in [7, 11) is 2.10. The number of anilines is 1. The minimum absolute atomic E-state index is 0.000357. The van der Waals surface area contributed by atoms with Crippen LogP contribution in [-0.2, 0) is 4.79 Å². The van der Waals surface area contributed by atoms with Crippen molar-refractivity contribution in [2.24, 2.45) is 0 Å². The number of carbonyl (C=O) groups excluding carboxylic acids is 1. The summed E-state index contributed by atoms with van der Waals surface area (Å²) in [5.74, 6) is 0.623. The largest absolute Gasteiger partial charge is 0.424 e. The molecule has 1 aliphatic rings. The molecule has 2 aromatic rings. The predicted molar refractivity (Wildman–Crippen MR) is 91.1 cm³/mol. The maximum absolute atomic E-state index is 12.1. The summed E-state index contributed by atoms with van der Waals surface area (Å²) in [4.78, 5) is 24.6. The summed E-state index contributed by atoms with van der Waals surface area (Å²) >= 11 is 0. The number of amides is 1. The Kier molecular flexibility index (Phi) is 5.35. The number of nitrogens with zero attached hydrogens (tertiary/aromatic N) is 4. The van der Waals surface area contributed by atoms with Gasteiger partial charge in [-0.3, -0.25) is 9.69 Å². The molecule has 0 aliphatic carbocycles. The fourth-order valence-electron chi connectivity index (χ4n) is 2.46. The highest BCUT2D eigenvalue weighted by Gasteiger charge is 2.16. The standard InChI is InChI=1S/C17H21N5O2/c1-21-9-11-22(12-10-21)13-16(23)20-14-3-5-15(6-4-14)24-17-18-7-2-8-19-17/h2-8H,9-13H2,1H3,(H,20,23). The van der Waals surface area contributed by atoms with Crippen LogP contribution in [0.25, 0.3) is 0 Å². The first-order valence-corrected chi connectivity index (χ1v) is 7.95. The number of piperazine rings is 1. The van der Waals surface area contributed by atoms with Crippen LogP contribution in [0.2, 0.25) is 0 Å². The van der Waals surface area contributed by atoms with Crippen LogP contribution in [0.15, 0.2) is 42.7 Å². The molecule has 1 N–H and O–H groups in total. The maximum Gasteiger partial charge on any atom is 0.321 e. The number of likely N-dealkylation sites (N-methyl/N-ethyl adjacent to an activating group) is 1. The molecular weight excluding hydrogens is 306 g/mol. The Morgan fingerprint density at radius 1 is 1.12 bits per heavy atom. The Morgan fingerprint density at radius 3 is 2.46 bits per heavy atom. The molecule has 126 valence electrons. The van der Waals surface area contributed by atoms with Crippen molar-refractivity contribution in [3.63, 3.8) is 0 Å². The molecule has 0 saturated carbocycles. The molecule has 3 rings (SSSR count). The van der Waals surface area contributed by atoms with Gasteiger partial charge in [-0.2, -0.15) is 0 Å². The monoisotopic (exact) mass is 327 g/mol. The third-order valence-electron chi connectivity index (χ3n) is 3.85. The van der Waals surface area contributed by atoms with Gasteiger partial charge in [-0.25, -0.2) is 9.97 Å². The fraction of sp³-hybridized carbons (Fsp3) is 0.353. The summed E-state index contributed by atoms with van der Waals surface area (Å²) in [6.07, 6.45) is 3.24. The zero-order valence-electron chi connectivity index (χ0n) is 13.7. The molecule has 0 radical (unpaired) electrons. The number of hydrogen-bond donors (Lipinski definition) is 1.